The summed E-state index contributed by atoms with van der Waals surface area (Å²) < 4.78 is 15.2. The molecule has 3 heterocycles. The van der Waals surface area contributed by atoms with Gasteiger partial charge in [-0.3, -0.25) is 10.1 Å². The van der Waals surface area contributed by atoms with Crippen molar-refractivity contribution < 1.29 is 9.66 Å². The minimum atomic E-state index is -2.68. The third kappa shape index (κ3) is 3.30. The average Bonchev–Trinajstić information content (AvgIpc) is 3.25. The Kier molecular flexibility index (Phi) is 5.59. The first kappa shape index (κ1) is 22.8. The van der Waals surface area contributed by atoms with Crippen molar-refractivity contribution >= 4 is 30.6 Å². The molecule has 1 atom stereocenters. The minimum absolute atomic E-state index is 0.00195. The molecule has 9 nitrogen and oxygen atoms in total. The van der Waals surface area contributed by atoms with Crippen molar-refractivity contribution in [3.8, 4) is 0 Å². The standard InChI is InChI=1S/C24H29N6O3P/c1-24(2)18-9-5-7-11-20(18)27(3)23(24)22-17-25-28(4)34(22,29-13-15-33-16-14-29)26-19-10-6-8-12-21(19)30(31)32/h5-12,17H,13-16H2,1-4H3/b23-22+/t34-/m1/s1. The van der Waals surface area contributed by atoms with Crippen LogP contribution in [0.15, 0.2) is 69.4 Å². The van der Waals surface area contributed by atoms with E-state index in [4.69, 9.17) is 14.6 Å². The highest BCUT2D eigenvalue weighted by molar-refractivity contribution is 7.67. The molecule has 0 bridgehead atoms. The first-order chi connectivity index (χ1) is 16.3. The van der Waals surface area contributed by atoms with Gasteiger partial charge in [-0.2, -0.15) is 5.10 Å². The molecule has 2 aromatic rings. The van der Waals surface area contributed by atoms with Crippen LogP contribution in [0.1, 0.15) is 19.4 Å². The average molecular weight is 481 g/mol. The fraction of sp³-hybridized carbons (Fsp3) is 0.375. The maximum Gasteiger partial charge on any atom is 0.294 e. The van der Waals surface area contributed by atoms with Crippen molar-refractivity contribution in [1.82, 2.24) is 9.45 Å². The number of anilines is 1. The van der Waals surface area contributed by atoms with E-state index in [9.17, 15) is 10.1 Å². The molecule has 5 rings (SSSR count). The Bertz CT molecular complexity index is 1260. The van der Waals surface area contributed by atoms with Gasteiger partial charge in [0.15, 0.2) is 7.36 Å². The molecule has 3 aliphatic rings. The summed E-state index contributed by atoms with van der Waals surface area (Å²) >= 11 is 0. The molecule has 0 amide bonds. The molecule has 178 valence electrons. The van der Waals surface area contributed by atoms with E-state index in [0.717, 1.165) is 16.7 Å². The summed E-state index contributed by atoms with van der Waals surface area (Å²) in [5, 5.41) is 17.6. The van der Waals surface area contributed by atoms with E-state index in [-0.39, 0.29) is 16.0 Å². The number of rotatable bonds is 3. The highest BCUT2D eigenvalue weighted by Gasteiger charge is 2.48. The van der Waals surface area contributed by atoms with Crippen LogP contribution in [0.4, 0.5) is 17.1 Å². The molecular weight excluding hydrogens is 451 g/mol. The lowest BCUT2D eigenvalue weighted by Gasteiger charge is -2.41. The third-order valence-electron chi connectivity index (χ3n) is 6.89. The number of nitro groups is 1. The quantitative estimate of drug-likeness (QED) is 0.343. The molecule has 0 N–H and O–H groups in total. The maximum absolute atomic E-state index is 11.9. The summed E-state index contributed by atoms with van der Waals surface area (Å²) in [7, 11) is 1.33. The number of para-hydroxylation sites is 2. The van der Waals surface area contributed by atoms with E-state index in [2.05, 4.69) is 54.7 Å². The Labute approximate surface area is 199 Å². The lowest BCUT2D eigenvalue weighted by molar-refractivity contribution is -0.384. The number of allylic oxidation sites excluding steroid dienone is 2. The molecule has 0 saturated carbocycles. The zero-order chi connectivity index (χ0) is 24.1. The maximum atomic E-state index is 11.9. The van der Waals surface area contributed by atoms with Crippen LogP contribution >= 0.6 is 7.36 Å². The first-order valence-corrected chi connectivity index (χ1v) is 13.0. The number of likely N-dealkylation sites (N-methyl/N-ethyl adjacent to an activating group) is 1. The van der Waals surface area contributed by atoms with Gasteiger partial charge in [0.2, 0.25) is 0 Å². The summed E-state index contributed by atoms with van der Waals surface area (Å²) in [6, 6.07) is 15.1. The van der Waals surface area contributed by atoms with Crippen LogP contribution in [0.5, 0.6) is 0 Å². The van der Waals surface area contributed by atoms with Gasteiger partial charge < -0.3 is 9.64 Å². The number of hydrazone groups is 1. The van der Waals surface area contributed by atoms with Gasteiger partial charge in [0.25, 0.3) is 5.69 Å². The molecule has 0 spiro atoms. The molecular formula is C24H29N6O3P. The normalized spacial score (nSPS) is 26.1. The molecule has 0 unspecified atom stereocenters. The Morgan fingerprint density at radius 3 is 2.47 bits per heavy atom. The third-order valence-corrected chi connectivity index (χ3v) is 10.5. The molecule has 10 heteroatoms. The largest absolute Gasteiger partial charge is 0.379 e. The van der Waals surface area contributed by atoms with Crippen LogP contribution in [-0.2, 0) is 10.2 Å². The predicted molar refractivity (Wildman–Crippen MR) is 136 cm³/mol. The van der Waals surface area contributed by atoms with Crippen LogP contribution in [0, 0.1) is 10.1 Å². The van der Waals surface area contributed by atoms with Gasteiger partial charge >= 0.3 is 0 Å². The molecule has 0 aromatic heterocycles. The zero-order valence-electron chi connectivity index (χ0n) is 19.9. The van der Waals surface area contributed by atoms with Crippen molar-refractivity contribution in [2.75, 3.05) is 45.3 Å². The Balaban J connectivity index is 1.83. The number of benzene rings is 2. The summed E-state index contributed by atoms with van der Waals surface area (Å²) in [6.07, 6.45) is 1.92. The van der Waals surface area contributed by atoms with E-state index in [1.807, 2.05) is 18.0 Å². The lowest BCUT2D eigenvalue weighted by atomic mass is 9.84. The van der Waals surface area contributed by atoms with Crippen molar-refractivity contribution in [3.63, 3.8) is 0 Å². The van der Waals surface area contributed by atoms with Crippen molar-refractivity contribution in [3.05, 3.63) is 75.2 Å². The van der Waals surface area contributed by atoms with Gasteiger partial charge in [0.1, 0.15) is 5.69 Å². The van der Waals surface area contributed by atoms with Gasteiger partial charge in [-0.25, -0.2) is 14.2 Å². The van der Waals surface area contributed by atoms with Gasteiger partial charge in [-0.1, -0.05) is 44.2 Å². The minimum Gasteiger partial charge on any atom is -0.379 e. The Morgan fingerprint density at radius 2 is 1.76 bits per heavy atom. The highest BCUT2D eigenvalue weighted by Crippen LogP contribution is 2.69. The molecule has 1 fully saturated rings. The predicted octanol–water partition coefficient (Wildman–Crippen LogP) is 5.16. The zero-order valence-corrected chi connectivity index (χ0v) is 20.8. The van der Waals surface area contributed by atoms with Gasteiger partial charge in [-0.05, 0) is 17.7 Å². The van der Waals surface area contributed by atoms with Crippen LogP contribution < -0.4 is 4.90 Å². The molecule has 34 heavy (non-hydrogen) atoms. The van der Waals surface area contributed by atoms with Crippen LogP contribution in [-0.4, -0.2) is 61.0 Å². The molecule has 2 aromatic carbocycles. The van der Waals surface area contributed by atoms with E-state index in [1.165, 1.54) is 11.6 Å². The summed E-state index contributed by atoms with van der Waals surface area (Å²) in [6.45, 7) is 6.98. The highest BCUT2D eigenvalue weighted by atomic mass is 31.2. The first-order valence-electron chi connectivity index (χ1n) is 11.3. The van der Waals surface area contributed by atoms with Gasteiger partial charge in [-0.15, -0.1) is 0 Å². The number of ether oxygens (including phenoxy) is 1. The second-order valence-corrected chi connectivity index (χ2v) is 12.1. The fourth-order valence-electron chi connectivity index (χ4n) is 5.30. The van der Waals surface area contributed by atoms with Crippen LogP contribution in [0.25, 0.3) is 0 Å². The van der Waals surface area contributed by atoms with E-state index in [0.29, 0.717) is 32.0 Å². The van der Waals surface area contributed by atoms with Crippen molar-refractivity contribution in [1.29, 1.82) is 0 Å². The fourth-order valence-corrected chi connectivity index (χ4v) is 8.96. The van der Waals surface area contributed by atoms with Crippen molar-refractivity contribution in [2.45, 2.75) is 19.3 Å². The Morgan fingerprint density at radius 1 is 1.09 bits per heavy atom. The van der Waals surface area contributed by atoms with Gasteiger partial charge in [0, 0.05) is 50.1 Å². The number of nitrogens with zero attached hydrogens (tertiary/aromatic N) is 6. The SMILES string of the molecule is CN1/C(=C2\C=NN(C)[P@@]2(=Nc2ccccc2[N+](=O)[O-])N2CCOCC2)C(C)(C)c2ccccc21. The topological polar surface area (TPSA) is 86.8 Å². The number of morpholine rings is 1. The second kappa shape index (κ2) is 8.34. The number of fused-ring (bicyclic) bond motifs is 1. The smallest absolute Gasteiger partial charge is 0.294 e. The van der Waals surface area contributed by atoms with Crippen molar-refractivity contribution in [2.24, 2.45) is 9.85 Å². The lowest BCUT2D eigenvalue weighted by Crippen LogP contribution is -2.37. The number of nitro benzene ring substituents is 1. The molecule has 3 aliphatic heterocycles. The monoisotopic (exact) mass is 480 g/mol. The number of hydrogen-bond donors (Lipinski definition) is 0. The molecule has 0 aliphatic carbocycles. The summed E-state index contributed by atoms with van der Waals surface area (Å²) in [5.41, 5.74) is 3.62. The summed E-state index contributed by atoms with van der Waals surface area (Å²) in [5.74, 6) is 0. The van der Waals surface area contributed by atoms with Crippen LogP contribution in [0.3, 0.4) is 0 Å². The van der Waals surface area contributed by atoms with Gasteiger partial charge in [0.05, 0.1) is 29.7 Å². The second-order valence-electron chi connectivity index (χ2n) is 9.15. The van der Waals surface area contributed by atoms with E-state index < -0.39 is 7.36 Å². The van der Waals surface area contributed by atoms with E-state index in [1.54, 1.807) is 18.2 Å². The Hall–Kier alpha value is -3.00. The molecule has 0 radical (unpaired) electrons. The number of hydrogen-bond acceptors (Lipinski definition) is 6. The van der Waals surface area contributed by atoms with Crippen LogP contribution in [0.2, 0.25) is 0 Å². The summed E-state index contributed by atoms with van der Waals surface area (Å²) in [4.78, 5) is 13.7. The van der Waals surface area contributed by atoms with E-state index >= 15 is 0 Å². The molecule has 1 saturated heterocycles.